The van der Waals surface area contributed by atoms with E-state index in [-0.39, 0.29) is 11.5 Å². The number of sulfone groups is 1. The Kier molecular flexibility index (Phi) is 6.02. The number of nitrogens with one attached hydrogen (secondary N) is 2. The number of phenolic OH excluding ortho intramolecular Hbond substituents is 1. The highest BCUT2D eigenvalue weighted by atomic mass is 35.5. The van der Waals surface area contributed by atoms with Crippen LogP contribution in [0.15, 0.2) is 47.6 Å². The monoisotopic (exact) mass is 421 g/mol. The number of benzene rings is 2. The van der Waals surface area contributed by atoms with Crippen molar-refractivity contribution in [3.8, 4) is 5.75 Å². The zero-order valence-electron chi connectivity index (χ0n) is 15.1. The van der Waals surface area contributed by atoms with E-state index in [4.69, 9.17) is 11.6 Å². The Morgan fingerprint density at radius 3 is 2.82 bits per heavy atom. The summed E-state index contributed by atoms with van der Waals surface area (Å²) in [7, 11) is -3.25. The van der Waals surface area contributed by atoms with Gasteiger partial charge in [-0.1, -0.05) is 23.7 Å². The van der Waals surface area contributed by atoms with Gasteiger partial charge >= 0.3 is 0 Å². The summed E-state index contributed by atoms with van der Waals surface area (Å²) >= 11 is 5.93. The van der Waals surface area contributed by atoms with Crippen LogP contribution < -0.4 is 10.7 Å². The van der Waals surface area contributed by atoms with Gasteiger partial charge in [-0.05, 0) is 42.8 Å². The molecule has 9 heteroatoms. The zero-order chi connectivity index (χ0) is 20.3. The molecule has 1 aliphatic heterocycles. The lowest BCUT2D eigenvalue weighted by molar-refractivity contribution is 0.0954. The molecule has 148 valence electrons. The van der Waals surface area contributed by atoms with Crippen molar-refractivity contribution in [1.82, 2.24) is 10.7 Å². The third-order valence-corrected chi connectivity index (χ3v) is 6.83. The fourth-order valence-electron chi connectivity index (χ4n) is 2.98. The molecule has 0 aromatic heterocycles. The Bertz CT molecular complexity index is 1040. The normalized spacial score (nSPS) is 19.2. The molecule has 0 saturated carbocycles. The quantitative estimate of drug-likeness (QED) is 0.518. The summed E-state index contributed by atoms with van der Waals surface area (Å²) in [6, 6.07) is 11.0. The van der Waals surface area contributed by atoms with Crippen molar-refractivity contribution >= 4 is 33.1 Å². The zero-order valence-corrected chi connectivity index (χ0v) is 16.7. The molecule has 0 radical (unpaired) electrons. The van der Waals surface area contributed by atoms with Crippen LogP contribution in [-0.2, 0) is 9.84 Å². The third-order valence-electron chi connectivity index (χ3n) is 4.52. The van der Waals surface area contributed by atoms with Gasteiger partial charge in [0.25, 0.3) is 5.91 Å². The van der Waals surface area contributed by atoms with Crippen LogP contribution in [-0.4, -0.2) is 44.0 Å². The first-order valence-electron chi connectivity index (χ1n) is 8.64. The van der Waals surface area contributed by atoms with E-state index >= 15 is 0 Å². The summed E-state index contributed by atoms with van der Waals surface area (Å²) in [6.07, 6.45) is 0. The van der Waals surface area contributed by atoms with Crippen molar-refractivity contribution in [2.75, 3.05) is 18.8 Å². The Morgan fingerprint density at radius 1 is 1.29 bits per heavy atom. The number of nitrogens with zero attached hydrogens (tertiary/aromatic N) is 1. The van der Waals surface area contributed by atoms with Gasteiger partial charge in [0.1, 0.15) is 5.75 Å². The van der Waals surface area contributed by atoms with Gasteiger partial charge in [0.05, 0.1) is 16.7 Å². The topological polar surface area (TPSA) is 108 Å². The largest absolute Gasteiger partial charge is 0.507 e. The van der Waals surface area contributed by atoms with Gasteiger partial charge in [0, 0.05) is 29.2 Å². The van der Waals surface area contributed by atoms with Crippen molar-refractivity contribution in [2.45, 2.75) is 12.2 Å². The average Bonchev–Trinajstić information content (AvgIpc) is 2.67. The number of carbonyl (C=O) groups excluding carboxylic acids is 1. The van der Waals surface area contributed by atoms with Crippen molar-refractivity contribution in [3.63, 3.8) is 0 Å². The van der Waals surface area contributed by atoms with E-state index < -0.39 is 21.0 Å². The van der Waals surface area contributed by atoms with E-state index in [2.05, 4.69) is 15.8 Å². The first kappa shape index (κ1) is 20.3. The van der Waals surface area contributed by atoms with Crippen LogP contribution in [0.25, 0.3) is 0 Å². The number of hydrazone groups is 1. The molecule has 1 atom stereocenters. The third kappa shape index (κ3) is 4.52. The Labute approximate surface area is 168 Å². The van der Waals surface area contributed by atoms with E-state index in [1.54, 1.807) is 43.3 Å². The molecule has 0 bridgehead atoms. The molecule has 7 nitrogen and oxygen atoms in total. The maximum absolute atomic E-state index is 12.5. The highest BCUT2D eigenvalue weighted by molar-refractivity contribution is 7.91. The summed E-state index contributed by atoms with van der Waals surface area (Å²) in [5, 5.41) is 16.7. The van der Waals surface area contributed by atoms with E-state index in [1.165, 1.54) is 6.07 Å². The summed E-state index contributed by atoms with van der Waals surface area (Å²) in [5.41, 5.74) is 4.07. The lowest BCUT2D eigenvalue weighted by Gasteiger charge is -2.23. The predicted octanol–water partition coefficient (Wildman–Crippen LogP) is 2.26. The molecule has 1 saturated heterocycles. The second-order valence-corrected chi connectivity index (χ2v) is 9.22. The Balaban J connectivity index is 1.79. The van der Waals surface area contributed by atoms with Crippen LogP contribution in [0.4, 0.5) is 0 Å². The molecule has 2 aromatic carbocycles. The number of hydrogen-bond donors (Lipinski definition) is 3. The SMILES string of the molecule is C/C(=N\NC(=O)c1cccc(C2CNCCS2(=O)=O)c1)c1cc(Cl)ccc1O. The average molecular weight is 422 g/mol. The first-order valence-corrected chi connectivity index (χ1v) is 10.7. The summed E-state index contributed by atoms with van der Waals surface area (Å²) in [6.45, 7) is 2.38. The minimum atomic E-state index is -3.25. The highest BCUT2D eigenvalue weighted by Crippen LogP contribution is 2.25. The predicted molar refractivity (Wildman–Crippen MR) is 109 cm³/mol. The molecule has 1 unspecified atom stereocenters. The molecular weight excluding hydrogens is 402 g/mol. The van der Waals surface area contributed by atoms with Crippen molar-refractivity contribution in [3.05, 3.63) is 64.2 Å². The van der Waals surface area contributed by atoms with Crippen molar-refractivity contribution < 1.29 is 18.3 Å². The number of amides is 1. The summed E-state index contributed by atoms with van der Waals surface area (Å²) in [5.74, 6) is -0.415. The van der Waals surface area contributed by atoms with Gasteiger partial charge in [-0.2, -0.15) is 5.10 Å². The minimum absolute atomic E-state index is 0.00287. The fourth-order valence-corrected chi connectivity index (χ4v) is 4.80. The standard InChI is InChI=1S/C19H20ClN3O4S/c1-12(16-10-15(20)5-6-17(16)24)22-23-19(25)14-4-2-3-13(9-14)18-11-21-7-8-28(18,26)27/h2-6,9-10,18,21,24H,7-8,11H2,1H3,(H,23,25)/b22-12+. The molecule has 1 amide bonds. The molecule has 1 fully saturated rings. The number of phenols is 1. The van der Waals surface area contributed by atoms with Gasteiger partial charge in [-0.3, -0.25) is 4.79 Å². The maximum atomic E-state index is 12.5. The summed E-state index contributed by atoms with van der Waals surface area (Å²) in [4.78, 5) is 12.5. The number of halogens is 1. The second kappa shape index (κ2) is 8.30. The van der Waals surface area contributed by atoms with Crippen LogP contribution in [0.3, 0.4) is 0 Å². The maximum Gasteiger partial charge on any atom is 0.271 e. The van der Waals surface area contributed by atoms with Gasteiger partial charge in [-0.15, -0.1) is 0 Å². The lowest BCUT2D eigenvalue weighted by Crippen LogP contribution is -2.38. The Hall–Kier alpha value is -2.42. The molecule has 2 aromatic rings. The molecule has 1 heterocycles. The first-order chi connectivity index (χ1) is 13.3. The van der Waals surface area contributed by atoms with Gasteiger partial charge in [0.2, 0.25) is 0 Å². The van der Waals surface area contributed by atoms with Gasteiger partial charge in [-0.25, -0.2) is 13.8 Å². The smallest absolute Gasteiger partial charge is 0.271 e. The van der Waals surface area contributed by atoms with E-state index in [0.29, 0.717) is 40.5 Å². The number of carbonyl (C=O) groups is 1. The molecule has 3 N–H and O–H groups in total. The van der Waals surface area contributed by atoms with E-state index in [9.17, 15) is 18.3 Å². The minimum Gasteiger partial charge on any atom is -0.507 e. The van der Waals surface area contributed by atoms with Crippen molar-refractivity contribution in [2.24, 2.45) is 5.10 Å². The number of rotatable bonds is 4. The van der Waals surface area contributed by atoms with Crippen LogP contribution in [0.5, 0.6) is 5.75 Å². The fraction of sp³-hybridized carbons (Fsp3) is 0.263. The molecule has 0 aliphatic carbocycles. The van der Waals surface area contributed by atoms with Crippen LogP contribution in [0, 0.1) is 0 Å². The summed E-state index contributed by atoms with van der Waals surface area (Å²) < 4.78 is 24.6. The van der Waals surface area contributed by atoms with Crippen molar-refractivity contribution in [1.29, 1.82) is 0 Å². The highest BCUT2D eigenvalue weighted by Gasteiger charge is 2.30. The molecule has 0 spiro atoms. The van der Waals surface area contributed by atoms with Crippen LogP contribution in [0.2, 0.25) is 5.02 Å². The van der Waals surface area contributed by atoms with Crippen LogP contribution in [0.1, 0.15) is 33.7 Å². The van der Waals surface area contributed by atoms with E-state index in [1.807, 2.05) is 0 Å². The second-order valence-electron chi connectivity index (χ2n) is 6.48. The van der Waals surface area contributed by atoms with Crippen LogP contribution >= 0.6 is 11.6 Å². The molecule has 28 heavy (non-hydrogen) atoms. The lowest BCUT2D eigenvalue weighted by atomic mass is 10.1. The van der Waals surface area contributed by atoms with E-state index in [0.717, 1.165) is 0 Å². The number of hydrogen-bond acceptors (Lipinski definition) is 6. The molecule has 3 rings (SSSR count). The van der Waals surface area contributed by atoms with Gasteiger partial charge in [0.15, 0.2) is 9.84 Å². The number of aromatic hydroxyl groups is 1. The molecular formula is C19H20ClN3O4S. The Morgan fingerprint density at radius 2 is 2.07 bits per heavy atom. The molecule has 1 aliphatic rings. The van der Waals surface area contributed by atoms with Gasteiger partial charge < -0.3 is 10.4 Å².